The Morgan fingerprint density at radius 1 is 1.02 bits per heavy atom. The Bertz CT molecular complexity index is 1730. The summed E-state index contributed by atoms with van der Waals surface area (Å²) >= 11 is 0. The number of aryl methyl sites for hydroxylation is 2. The van der Waals surface area contributed by atoms with Crippen LogP contribution in [0.25, 0.3) is 0 Å². The van der Waals surface area contributed by atoms with Crippen LogP contribution in [0.15, 0.2) is 41.2 Å². The van der Waals surface area contributed by atoms with E-state index in [1.54, 1.807) is 45.2 Å². The molecule has 12 nitrogen and oxygen atoms in total. The second-order valence-electron chi connectivity index (χ2n) is 13.3. The molecule has 6 rings (SSSR count). The van der Waals surface area contributed by atoms with E-state index in [9.17, 15) is 24.4 Å². The number of nitrogens with one attached hydrogen (secondary N) is 3. The van der Waals surface area contributed by atoms with Gasteiger partial charge in [-0.2, -0.15) is 10.4 Å². The van der Waals surface area contributed by atoms with Gasteiger partial charge in [0, 0.05) is 51.4 Å². The molecule has 1 aromatic heterocycles. The molecule has 0 radical (unpaired) electrons. The normalized spacial score (nSPS) is 21.2. The van der Waals surface area contributed by atoms with Crippen LogP contribution in [-0.2, 0) is 23.1 Å². The van der Waals surface area contributed by atoms with E-state index < -0.39 is 11.1 Å². The number of hydrogen-bond acceptors (Lipinski definition) is 7. The molecule has 2 aliphatic carbocycles. The molecule has 3 amide bonds. The Hall–Kier alpha value is -4.76. The molecule has 3 aliphatic rings. The van der Waals surface area contributed by atoms with Crippen molar-refractivity contribution >= 4 is 17.7 Å². The van der Waals surface area contributed by atoms with Crippen LogP contribution in [0, 0.1) is 17.2 Å². The Kier molecular flexibility index (Phi) is 8.06. The van der Waals surface area contributed by atoms with Gasteiger partial charge in [0.2, 0.25) is 5.91 Å². The Morgan fingerprint density at radius 2 is 1.61 bits per heavy atom. The smallest absolute Gasteiger partial charge is 0.340 e. The van der Waals surface area contributed by atoms with Gasteiger partial charge in [0.15, 0.2) is 0 Å². The van der Waals surface area contributed by atoms with Crippen molar-refractivity contribution in [2.75, 3.05) is 34.7 Å². The molecule has 4 atom stereocenters. The standard InChI is InChI=1S/C34H40N8O4/c1-19(36-18-29(43)42-25(17-35)14-24-15-28(24)42)16-34(32-37-33(46)39-38-32)26-10-8-22(30(44)40(2)3)12-20(26)6-7-21-13-23(9-11-27(21)34)31(45)41(4)5/h8-13,19,24-25,28,36H,6-7,14-16,18H2,1-5H3,(H2,37,38,39,46)/t19-,24+,25?,28-/m0/s1. The number of aromatic amines is 2. The summed E-state index contributed by atoms with van der Waals surface area (Å²) in [6, 6.07) is 13.1. The Labute approximate surface area is 267 Å². The number of hydrogen-bond donors (Lipinski definition) is 3. The molecule has 2 heterocycles. The number of nitriles is 1. The Morgan fingerprint density at radius 3 is 2.11 bits per heavy atom. The van der Waals surface area contributed by atoms with Gasteiger partial charge in [-0.25, -0.2) is 9.89 Å². The van der Waals surface area contributed by atoms with Crippen LogP contribution in [0.2, 0.25) is 0 Å². The number of likely N-dealkylation sites (tertiary alicyclic amines) is 1. The molecular formula is C34H40N8O4. The SMILES string of the molecule is C[C@@H](CC1(c2n[nH]c(=O)[nH]2)c2ccc(C(=O)N(C)C)cc2CCc2cc(C(=O)N(C)C)ccc21)NCC(=O)N1C(C#N)C[C@@H]2C[C@@H]21. The maximum absolute atomic E-state index is 13.3. The number of fused-ring (bicyclic) bond motifs is 3. The maximum Gasteiger partial charge on any atom is 0.340 e. The molecular weight excluding hydrogens is 584 g/mol. The number of amides is 3. The predicted octanol–water partition coefficient (Wildman–Crippen LogP) is 1.82. The minimum absolute atomic E-state index is 0.0714. The highest BCUT2D eigenvalue weighted by atomic mass is 16.2. The summed E-state index contributed by atoms with van der Waals surface area (Å²) in [6.07, 6.45) is 3.29. The third-order valence-electron chi connectivity index (χ3n) is 9.76. The predicted molar refractivity (Wildman–Crippen MR) is 170 cm³/mol. The fraction of sp³-hybridized carbons (Fsp3) is 0.471. The van der Waals surface area contributed by atoms with Gasteiger partial charge in [-0.05, 0) is 91.5 Å². The van der Waals surface area contributed by atoms with Crippen molar-refractivity contribution in [1.29, 1.82) is 5.26 Å². The first-order valence-electron chi connectivity index (χ1n) is 15.7. The fourth-order valence-corrected chi connectivity index (χ4v) is 7.49. The summed E-state index contributed by atoms with van der Waals surface area (Å²) in [6.45, 7) is 2.06. The van der Waals surface area contributed by atoms with Crippen molar-refractivity contribution in [3.05, 3.63) is 86.1 Å². The van der Waals surface area contributed by atoms with E-state index in [2.05, 4.69) is 26.6 Å². The number of rotatable bonds is 8. The van der Waals surface area contributed by atoms with Gasteiger partial charge in [0.05, 0.1) is 18.0 Å². The second-order valence-corrected chi connectivity index (χ2v) is 13.3. The van der Waals surface area contributed by atoms with Crippen LogP contribution in [0.1, 0.15) is 75.0 Å². The lowest BCUT2D eigenvalue weighted by molar-refractivity contribution is -0.131. The minimum Gasteiger partial charge on any atom is -0.345 e. The Balaban J connectivity index is 1.44. The average Bonchev–Trinajstić information content (AvgIpc) is 3.53. The van der Waals surface area contributed by atoms with Crippen molar-refractivity contribution in [3.63, 3.8) is 0 Å². The van der Waals surface area contributed by atoms with Gasteiger partial charge >= 0.3 is 5.69 Å². The van der Waals surface area contributed by atoms with E-state index in [4.69, 9.17) is 0 Å². The zero-order valence-corrected chi connectivity index (χ0v) is 26.9. The summed E-state index contributed by atoms with van der Waals surface area (Å²) in [4.78, 5) is 59.7. The fourth-order valence-electron chi connectivity index (χ4n) is 7.49. The zero-order chi connectivity index (χ0) is 32.9. The zero-order valence-electron chi connectivity index (χ0n) is 26.9. The molecule has 0 spiro atoms. The maximum atomic E-state index is 13.3. The van der Waals surface area contributed by atoms with E-state index in [0.717, 1.165) is 35.1 Å². The number of carbonyl (C=O) groups is 3. The topological polar surface area (TPSA) is 158 Å². The summed E-state index contributed by atoms with van der Waals surface area (Å²) in [5, 5.41) is 20.1. The summed E-state index contributed by atoms with van der Waals surface area (Å²) in [5.74, 6) is 0.506. The number of nitrogens with zero attached hydrogens (tertiary/aromatic N) is 5. The second kappa shape index (κ2) is 11.9. The lowest BCUT2D eigenvalue weighted by atomic mass is 9.67. The molecule has 3 N–H and O–H groups in total. The third kappa shape index (κ3) is 5.38. The molecule has 46 heavy (non-hydrogen) atoms. The van der Waals surface area contributed by atoms with E-state index in [1.807, 2.05) is 31.2 Å². The first kappa shape index (κ1) is 31.2. The number of carbonyl (C=O) groups excluding carboxylic acids is 3. The molecule has 1 unspecified atom stereocenters. The molecule has 1 saturated carbocycles. The molecule has 3 aromatic rings. The third-order valence-corrected chi connectivity index (χ3v) is 9.76. The van der Waals surface area contributed by atoms with E-state index in [-0.39, 0.29) is 42.4 Å². The largest absolute Gasteiger partial charge is 0.345 e. The molecule has 1 aliphatic heterocycles. The van der Waals surface area contributed by atoms with Crippen LogP contribution in [0.3, 0.4) is 0 Å². The van der Waals surface area contributed by atoms with Crippen molar-refractivity contribution in [1.82, 2.24) is 35.2 Å². The number of H-pyrrole nitrogens is 2. The molecule has 240 valence electrons. The van der Waals surface area contributed by atoms with Gasteiger partial charge in [0.1, 0.15) is 11.9 Å². The van der Waals surface area contributed by atoms with Crippen molar-refractivity contribution in [3.8, 4) is 6.07 Å². The van der Waals surface area contributed by atoms with E-state index in [0.29, 0.717) is 42.1 Å². The van der Waals surface area contributed by atoms with Crippen LogP contribution < -0.4 is 11.0 Å². The quantitative estimate of drug-likeness (QED) is 0.345. The number of benzene rings is 2. The van der Waals surface area contributed by atoms with Crippen LogP contribution in [0.4, 0.5) is 0 Å². The van der Waals surface area contributed by atoms with E-state index >= 15 is 0 Å². The molecule has 2 fully saturated rings. The highest BCUT2D eigenvalue weighted by molar-refractivity contribution is 5.95. The van der Waals surface area contributed by atoms with Crippen LogP contribution >= 0.6 is 0 Å². The molecule has 12 heteroatoms. The average molecular weight is 625 g/mol. The van der Waals surface area contributed by atoms with Gasteiger partial charge in [-0.15, -0.1) is 0 Å². The van der Waals surface area contributed by atoms with Crippen molar-refractivity contribution < 1.29 is 14.4 Å². The lowest BCUT2D eigenvalue weighted by Gasteiger charge is -2.37. The minimum atomic E-state index is -1.00. The summed E-state index contributed by atoms with van der Waals surface area (Å²) < 4.78 is 0. The van der Waals surface area contributed by atoms with Crippen LogP contribution in [-0.4, -0.2) is 100 Å². The van der Waals surface area contributed by atoms with Gasteiger partial charge in [-0.3, -0.25) is 19.4 Å². The number of piperidine rings is 1. The summed E-state index contributed by atoms with van der Waals surface area (Å²) in [7, 11) is 6.85. The highest BCUT2D eigenvalue weighted by Crippen LogP contribution is 2.48. The highest BCUT2D eigenvalue weighted by Gasteiger charge is 2.54. The number of aromatic nitrogens is 3. The molecule has 0 bridgehead atoms. The van der Waals surface area contributed by atoms with Gasteiger partial charge in [0.25, 0.3) is 11.8 Å². The van der Waals surface area contributed by atoms with Crippen molar-refractivity contribution in [2.45, 2.75) is 62.6 Å². The molecule has 2 aromatic carbocycles. The van der Waals surface area contributed by atoms with Gasteiger partial charge in [-0.1, -0.05) is 12.1 Å². The monoisotopic (exact) mass is 624 g/mol. The van der Waals surface area contributed by atoms with Crippen LogP contribution in [0.5, 0.6) is 0 Å². The summed E-state index contributed by atoms with van der Waals surface area (Å²) in [5.41, 5.74) is 3.30. The first-order valence-corrected chi connectivity index (χ1v) is 15.7. The van der Waals surface area contributed by atoms with Crippen molar-refractivity contribution in [2.24, 2.45) is 5.92 Å². The lowest BCUT2D eigenvalue weighted by Crippen LogP contribution is -2.46. The van der Waals surface area contributed by atoms with E-state index in [1.165, 1.54) is 9.80 Å². The first-order chi connectivity index (χ1) is 21.9. The molecule has 1 saturated heterocycles. The van der Waals surface area contributed by atoms with Gasteiger partial charge < -0.3 is 20.0 Å².